The molecule has 112 valence electrons. The maximum atomic E-state index is 11.1. The van der Waals surface area contributed by atoms with E-state index in [9.17, 15) is 4.79 Å². The van der Waals surface area contributed by atoms with Gasteiger partial charge in [-0.3, -0.25) is 0 Å². The predicted molar refractivity (Wildman–Crippen MR) is 77.3 cm³/mol. The SMILES string of the molecule is CCCOc1ccc(CCN)c(OC(CC)C(=O)O)c1. The first-order chi connectivity index (χ1) is 9.62. The zero-order valence-electron chi connectivity index (χ0n) is 12.1. The van der Waals surface area contributed by atoms with Crippen molar-refractivity contribution in [1.29, 1.82) is 0 Å². The van der Waals surface area contributed by atoms with Gasteiger partial charge in [0.2, 0.25) is 0 Å². The summed E-state index contributed by atoms with van der Waals surface area (Å²) in [4.78, 5) is 11.1. The minimum absolute atomic E-state index is 0.400. The van der Waals surface area contributed by atoms with E-state index in [4.69, 9.17) is 20.3 Å². The molecule has 0 fully saturated rings. The van der Waals surface area contributed by atoms with Crippen molar-refractivity contribution in [1.82, 2.24) is 0 Å². The number of rotatable bonds is 9. The minimum Gasteiger partial charge on any atom is -0.493 e. The van der Waals surface area contributed by atoms with Gasteiger partial charge in [0, 0.05) is 6.07 Å². The van der Waals surface area contributed by atoms with Gasteiger partial charge < -0.3 is 20.3 Å². The van der Waals surface area contributed by atoms with Gasteiger partial charge in [0.05, 0.1) is 6.61 Å². The number of hydrogen-bond acceptors (Lipinski definition) is 4. The molecule has 1 unspecified atom stereocenters. The lowest BCUT2D eigenvalue weighted by molar-refractivity contribution is -0.145. The van der Waals surface area contributed by atoms with Crippen LogP contribution in [0, 0.1) is 0 Å². The highest BCUT2D eigenvalue weighted by Gasteiger charge is 2.18. The highest BCUT2D eigenvalue weighted by molar-refractivity contribution is 5.72. The van der Waals surface area contributed by atoms with E-state index in [1.54, 1.807) is 13.0 Å². The molecule has 0 saturated carbocycles. The average Bonchev–Trinajstić information content (AvgIpc) is 2.44. The van der Waals surface area contributed by atoms with E-state index >= 15 is 0 Å². The lowest BCUT2D eigenvalue weighted by atomic mass is 10.1. The monoisotopic (exact) mass is 281 g/mol. The Labute approximate surface area is 119 Å². The lowest BCUT2D eigenvalue weighted by Crippen LogP contribution is -2.26. The van der Waals surface area contributed by atoms with Crippen molar-refractivity contribution in [3.63, 3.8) is 0 Å². The Hall–Kier alpha value is -1.75. The van der Waals surface area contributed by atoms with Crippen LogP contribution < -0.4 is 15.2 Å². The number of hydrogen-bond donors (Lipinski definition) is 2. The van der Waals surface area contributed by atoms with Gasteiger partial charge in [-0.15, -0.1) is 0 Å². The summed E-state index contributed by atoms with van der Waals surface area (Å²) in [5, 5.41) is 9.09. The molecule has 5 nitrogen and oxygen atoms in total. The van der Waals surface area contributed by atoms with Crippen LogP contribution in [0.5, 0.6) is 11.5 Å². The van der Waals surface area contributed by atoms with Crippen LogP contribution in [-0.4, -0.2) is 30.3 Å². The quantitative estimate of drug-likeness (QED) is 0.725. The van der Waals surface area contributed by atoms with Crippen LogP contribution in [-0.2, 0) is 11.2 Å². The Balaban J connectivity index is 2.95. The summed E-state index contributed by atoms with van der Waals surface area (Å²) < 4.78 is 11.1. The molecule has 1 aromatic rings. The first kappa shape index (κ1) is 16.3. The second-order valence-corrected chi connectivity index (χ2v) is 4.51. The number of aliphatic carboxylic acids is 1. The van der Waals surface area contributed by atoms with E-state index in [1.807, 2.05) is 19.1 Å². The number of nitrogens with two attached hydrogens (primary N) is 1. The smallest absolute Gasteiger partial charge is 0.344 e. The van der Waals surface area contributed by atoms with Gasteiger partial charge >= 0.3 is 5.97 Å². The van der Waals surface area contributed by atoms with E-state index < -0.39 is 12.1 Å². The van der Waals surface area contributed by atoms with Gasteiger partial charge in [-0.2, -0.15) is 0 Å². The summed E-state index contributed by atoms with van der Waals surface area (Å²) in [5.74, 6) is 0.257. The van der Waals surface area contributed by atoms with Crippen molar-refractivity contribution in [2.45, 2.75) is 39.2 Å². The maximum Gasteiger partial charge on any atom is 0.344 e. The van der Waals surface area contributed by atoms with E-state index in [2.05, 4.69) is 0 Å². The number of ether oxygens (including phenoxy) is 2. The standard InChI is InChI=1S/C15H23NO4/c1-3-9-19-12-6-5-11(7-8-16)14(10-12)20-13(4-2)15(17)18/h5-6,10,13H,3-4,7-9,16H2,1-2H3,(H,17,18). The molecule has 1 atom stereocenters. The van der Waals surface area contributed by atoms with E-state index in [0.29, 0.717) is 37.5 Å². The largest absolute Gasteiger partial charge is 0.493 e. The average molecular weight is 281 g/mol. The Bertz CT molecular complexity index is 434. The van der Waals surface area contributed by atoms with Crippen molar-refractivity contribution in [3.8, 4) is 11.5 Å². The highest BCUT2D eigenvalue weighted by Crippen LogP contribution is 2.27. The van der Waals surface area contributed by atoms with Crippen molar-refractivity contribution in [2.75, 3.05) is 13.2 Å². The van der Waals surface area contributed by atoms with Crippen LogP contribution in [0.1, 0.15) is 32.3 Å². The topological polar surface area (TPSA) is 81.8 Å². The van der Waals surface area contributed by atoms with Crippen molar-refractivity contribution >= 4 is 5.97 Å². The first-order valence-corrected chi connectivity index (χ1v) is 6.97. The van der Waals surface area contributed by atoms with E-state index in [-0.39, 0.29) is 0 Å². The first-order valence-electron chi connectivity index (χ1n) is 6.97. The summed E-state index contributed by atoms with van der Waals surface area (Å²) in [6.07, 6.45) is 1.10. The zero-order chi connectivity index (χ0) is 15.0. The number of carbonyl (C=O) groups is 1. The number of benzene rings is 1. The molecule has 0 saturated heterocycles. The maximum absolute atomic E-state index is 11.1. The van der Waals surface area contributed by atoms with Gasteiger partial charge in [0.15, 0.2) is 6.10 Å². The molecule has 0 aromatic heterocycles. The van der Waals surface area contributed by atoms with Crippen molar-refractivity contribution < 1.29 is 19.4 Å². The molecule has 0 aliphatic carbocycles. The fourth-order valence-corrected chi connectivity index (χ4v) is 1.78. The van der Waals surface area contributed by atoms with Crippen LogP contribution in [0.15, 0.2) is 18.2 Å². The summed E-state index contributed by atoms with van der Waals surface area (Å²) in [5.41, 5.74) is 6.47. The molecule has 20 heavy (non-hydrogen) atoms. The fourth-order valence-electron chi connectivity index (χ4n) is 1.78. The van der Waals surface area contributed by atoms with E-state index in [1.165, 1.54) is 0 Å². The third-order valence-corrected chi connectivity index (χ3v) is 2.84. The molecule has 0 spiro atoms. The Morgan fingerprint density at radius 1 is 1.40 bits per heavy atom. The molecule has 0 amide bonds. The Morgan fingerprint density at radius 3 is 2.70 bits per heavy atom. The lowest BCUT2D eigenvalue weighted by Gasteiger charge is -2.17. The zero-order valence-corrected chi connectivity index (χ0v) is 12.1. The Kier molecular flexibility index (Phi) is 6.87. The molecule has 3 N–H and O–H groups in total. The van der Waals surface area contributed by atoms with Crippen LogP contribution >= 0.6 is 0 Å². The second kappa shape index (κ2) is 8.43. The third-order valence-electron chi connectivity index (χ3n) is 2.84. The fraction of sp³-hybridized carbons (Fsp3) is 0.533. The summed E-state index contributed by atoms with van der Waals surface area (Å²) in [7, 11) is 0. The van der Waals surface area contributed by atoms with Crippen molar-refractivity contribution in [3.05, 3.63) is 23.8 Å². The Morgan fingerprint density at radius 2 is 2.15 bits per heavy atom. The molecule has 5 heteroatoms. The van der Waals surface area contributed by atoms with Gasteiger partial charge in [0.1, 0.15) is 11.5 Å². The summed E-state index contributed by atoms with van der Waals surface area (Å²) in [6.45, 7) is 4.90. The molecular formula is C15H23NO4. The van der Waals surface area contributed by atoms with Crippen molar-refractivity contribution in [2.24, 2.45) is 5.73 Å². The summed E-state index contributed by atoms with van der Waals surface area (Å²) >= 11 is 0. The normalized spacial score (nSPS) is 11.9. The number of carboxylic acids is 1. The van der Waals surface area contributed by atoms with Crippen LogP contribution in [0.2, 0.25) is 0 Å². The van der Waals surface area contributed by atoms with Crippen LogP contribution in [0.3, 0.4) is 0 Å². The van der Waals surface area contributed by atoms with E-state index in [0.717, 1.165) is 12.0 Å². The second-order valence-electron chi connectivity index (χ2n) is 4.51. The molecule has 0 bridgehead atoms. The molecule has 0 aliphatic rings. The predicted octanol–water partition coefficient (Wildman–Crippen LogP) is 2.22. The minimum atomic E-state index is -0.967. The van der Waals surface area contributed by atoms with Gasteiger partial charge in [-0.1, -0.05) is 19.9 Å². The summed E-state index contributed by atoms with van der Waals surface area (Å²) in [6, 6.07) is 5.48. The number of carboxylic acid groups (broad SMARTS) is 1. The van der Waals surface area contributed by atoms with Gasteiger partial charge in [-0.25, -0.2) is 4.79 Å². The van der Waals surface area contributed by atoms with Gasteiger partial charge in [-0.05, 0) is 37.4 Å². The molecular weight excluding hydrogens is 258 g/mol. The van der Waals surface area contributed by atoms with Crippen LogP contribution in [0.4, 0.5) is 0 Å². The molecule has 1 aromatic carbocycles. The molecule has 1 rings (SSSR count). The molecule has 0 aliphatic heterocycles. The molecule has 0 radical (unpaired) electrons. The molecule has 0 heterocycles. The highest BCUT2D eigenvalue weighted by atomic mass is 16.5. The van der Waals surface area contributed by atoms with Crippen LogP contribution in [0.25, 0.3) is 0 Å². The van der Waals surface area contributed by atoms with Gasteiger partial charge in [0.25, 0.3) is 0 Å². The third kappa shape index (κ3) is 4.74.